The fraction of sp³-hybridized carbons (Fsp3) is 0.235. The lowest BCUT2D eigenvalue weighted by atomic mass is 10.1. The van der Waals surface area contributed by atoms with Crippen LogP contribution in [0.15, 0.2) is 36.4 Å². The van der Waals surface area contributed by atoms with E-state index in [1.807, 2.05) is 18.2 Å². The van der Waals surface area contributed by atoms with Crippen LogP contribution >= 0.6 is 0 Å². The Morgan fingerprint density at radius 1 is 1.10 bits per heavy atom. The van der Waals surface area contributed by atoms with Gasteiger partial charge in [-0.05, 0) is 54.8 Å². The van der Waals surface area contributed by atoms with E-state index >= 15 is 0 Å². The molecule has 0 spiro atoms. The van der Waals surface area contributed by atoms with Crippen molar-refractivity contribution in [2.75, 3.05) is 12.4 Å². The molecule has 0 fully saturated rings. The van der Waals surface area contributed by atoms with Gasteiger partial charge in [-0.3, -0.25) is 0 Å². The summed E-state index contributed by atoms with van der Waals surface area (Å²) < 4.78 is 5.14. The van der Waals surface area contributed by atoms with Crippen molar-refractivity contribution in [3.05, 3.63) is 58.7 Å². The molecular weight excluding hydrogens is 248 g/mol. The minimum atomic E-state index is 0.562. The Labute approximate surface area is 119 Å². The minimum Gasteiger partial charge on any atom is -0.495 e. The summed E-state index contributed by atoms with van der Waals surface area (Å²) in [6.45, 7) is 4.85. The number of benzene rings is 2. The van der Waals surface area contributed by atoms with Crippen LogP contribution in [-0.4, -0.2) is 7.11 Å². The number of methoxy groups -OCH3 is 1. The normalized spacial score (nSPS) is 9.90. The largest absolute Gasteiger partial charge is 0.495 e. The summed E-state index contributed by atoms with van der Waals surface area (Å²) >= 11 is 0. The Bertz CT molecular complexity index is 636. The van der Waals surface area contributed by atoms with Crippen molar-refractivity contribution in [2.24, 2.45) is 0 Å². The van der Waals surface area contributed by atoms with Gasteiger partial charge in [-0.25, -0.2) is 0 Å². The summed E-state index contributed by atoms with van der Waals surface area (Å²) in [4.78, 5) is 0. The van der Waals surface area contributed by atoms with E-state index in [1.54, 1.807) is 7.11 Å². The molecule has 1 N–H and O–H groups in total. The summed E-state index contributed by atoms with van der Waals surface area (Å²) in [6, 6.07) is 14.2. The molecule has 0 saturated heterocycles. The van der Waals surface area contributed by atoms with Crippen molar-refractivity contribution in [1.82, 2.24) is 0 Å². The number of hydrogen-bond donors (Lipinski definition) is 1. The predicted octanol–water partition coefficient (Wildman–Crippen LogP) is 3.80. The number of nitrogens with one attached hydrogen (secondary N) is 1. The van der Waals surface area contributed by atoms with Crippen molar-refractivity contribution >= 4 is 5.69 Å². The van der Waals surface area contributed by atoms with Gasteiger partial charge in [-0.15, -0.1) is 0 Å². The van der Waals surface area contributed by atoms with Crippen molar-refractivity contribution in [2.45, 2.75) is 20.4 Å². The standard InChI is InChI=1S/C17H18N2O/c1-12-6-13(2)8-16(7-12)19-11-14-4-5-17(20-3)15(9-14)10-18/h4-9,19H,11H2,1-3H3. The highest BCUT2D eigenvalue weighted by molar-refractivity contribution is 5.50. The molecule has 0 unspecified atom stereocenters. The lowest BCUT2D eigenvalue weighted by molar-refractivity contribution is 0.413. The van der Waals surface area contributed by atoms with Gasteiger partial charge in [0, 0.05) is 12.2 Å². The third kappa shape index (κ3) is 3.30. The molecule has 0 aliphatic heterocycles. The Morgan fingerprint density at radius 2 is 1.80 bits per heavy atom. The number of anilines is 1. The first-order chi connectivity index (χ1) is 9.62. The molecule has 2 aromatic rings. The van der Waals surface area contributed by atoms with Crippen molar-refractivity contribution in [3.8, 4) is 11.8 Å². The van der Waals surface area contributed by atoms with Gasteiger partial charge in [0.25, 0.3) is 0 Å². The summed E-state index contributed by atoms with van der Waals surface area (Å²) in [7, 11) is 1.57. The first kappa shape index (κ1) is 14.0. The number of rotatable bonds is 4. The topological polar surface area (TPSA) is 45.0 Å². The highest BCUT2D eigenvalue weighted by Crippen LogP contribution is 2.20. The molecule has 3 heteroatoms. The van der Waals surface area contributed by atoms with Crippen LogP contribution in [-0.2, 0) is 6.54 Å². The van der Waals surface area contributed by atoms with E-state index in [0.29, 0.717) is 17.9 Å². The molecule has 0 aliphatic rings. The maximum atomic E-state index is 9.08. The Balaban J connectivity index is 2.13. The zero-order valence-corrected chi connectivity index (χ0v) is 12.0. The highest BCUT2D eigenvalue weighted by atomic mass is 16.5. The van der Waals surface area contributed by atoms with E-state index in [1.165, 1.54) is 11.1 Å². The average Bonchev–Trinajstić information content (AvgIpc) is 2.43. The second kappa shape index (κ2) is 6.12. The van der Waals surface area contributed by atoms with Crippen molar-refractivity contribution in [1.29, 1.82) is 5.26 Å². The maximum absolute atomic E-state index is 9.08. The third-order valence-electron chi connectivity index (χ3n) is 3.10. The van der Waals surface area contributed by atoms with Gasteiger partial charge in [0.2, 0.25) is 0 Å². The van der Waals surface area contributed by atoms with E-state index in [9.17, 15) is 0 Å². The first-order valence-electron chi connectivity index (χ1n) is 6.51. The molecule has 3 nitrogen and oxygen atoms in total. The monoisotopic (exact) mass is 266 g/mol. The quantitative estimate of drug-likeness (QED) is 0.915. The number of nitriles is 1. The lowest BCUT2D eigenvalue weighted by Crippen LogP contribution is -2.01. The molecule has 0 radical (unpaired) electrons. The molecule has 20 heavy (non-hydrogen) atoms. The van der Waals surface area contributed by atoms with E-state index < -0.39 is 0 Å². The van der Waals surface area contributed by atoms with Crippen LogP contribution in [0.5, 0.6) is 5.75 Å². The van der Waals surface area contributed by atoms with Crippen molar-refractivity contribution in [3.63, 3.8) is 0 Å². The fourth-order valence-electron chi connectivity index (χ4n) is 2.23. The van der Waals surface area contributed by atoms with Gasteiger partial charge in [-0.1, -0.05) is 12.1 Å². The zero-order valence-electron chi connectivity index (χ0n) is 12.0. The van der Waals surface area contributed by atoms with Crippen LogP contribution in [0.2, 0.25) is 0 Å². The third-order valence-corrected chi connectivity index (χ3v) is 3.10. The van der Waals surface area contributed by atoms with Crippen LogP contribution in [0.1, 0.15) is 22.3 Å². The molecule has 0 amide bonds. The fourth-order valence-corrected chi connectivity index (χ4v) is 2.23. The lowest BCUT2D eigenvalue weighted by Gasteiger charge is -2.10. The summed E-state index contributed by atoms with van der Waals surface area (Å²) in [5, 5.41) is 12.5. The van der Waals surface area contributed by atoms with Crippen LogP contribution < -0.4 is 10.1 Å². The first-order valence-corrected chi connectivity index (χ1v) is 6.51. The Kier molecular flexibility index (Phi) is 4.27. The van der Waals surface area contributed by atoms with E-state index in [2.05, 4.69) is 43.4 Å². The predicted molar refractivity (Wildman–Crippen MR) is 81.0 cm³/mol. The van der Waals surface area contributed by atoms with Crippen LogP contribution in [0.3, 0.4) is 0 Å². The van der Waals surface area contributed by atoms with E-state index in [4.69, 9.17) is 10.00 Å². The second-order valence-electron chi connectivity index (χ2n) is 4.88. The van der Waals surface area contributed by atoms with Crippen LogP contribution in [0, 0.1) is 25.2 Å². The van der Waals surface area contributed by atoms with Crippen LogP contribution in [0.25, 0.3) is 0 Å². The number of hydrogen-bond acceptors (Lipinski definition) is 3. The van der Waals surface area contributed by atoms with Gasteiger partial charge in [0.15, 0.2) is 0 Å². The molecule has 0 aliphatic carbocycles. The van der Waals surface area contributed by atoms with E-state index in [0.717, 1.165) is 11.3 Å². The minimum absolute atomic E-state index is 0.562. The van der Waals surface area contributed by atoms with E-state index in [-0.39, 0.29) is 0 Å². The summed E-state index contributed by atoms with van der Waals surface area (Å²) in [6.07, 6.45) is 0. The highest BCUT2D eigenvalue weighted by Gasteiger charge is 2.04. The van der Waals surface area contributed by atoms with Gasteiger partial charge < -0.3 is 10.1 Å². The molecule has 0 bridgehead atoms. The molecule has 102 valence electrons. The van der Waals surface area contributed by atoms with Gasteiger partial charge in [-0.2, -0.15) is 5.26 Å². The molecular formula is C17H18N2O. The Hall–Kier alpha value is -2.47. The summed E-state index contributed by atoms with van der Waals surface area (Å²) in [5.41, 5.74) is 5.19. The molecule has 2 rings (SSSR count). The maximum Gasteiger partial charge on any atom is 0.136 e. The number of ether oxygens (including phenoxy) is 1. The molecule has 0 heterocycles. The zero-order chi connectivity index (χ0) is 14.5. The SMILES string of the molecule is COc1ccc(CNc2cc(C)cc(C)c2)cc1C#N. The smallest absolute Gasteiger partial charge is 0.136 e. The Morgan fingerprint density at radius 3 is 2.40 bits per heavy atom. The average molecular weight is 266 g/mol. The molecule has 0 saturated carbocycles. The number of nitrogens with zero attached hydrogens (tertiary/aromatic N) is 1. The molecule has 2 aromatic carbocycles. The van der Waals surface area contributed by atoms with Crippen LogP contribution in [0.4, 0.5) is 5.69 Å². The molecule has 0 atom stereocenters. The van der Waals surface area contributed by atoms with Crippen molar-refractivity contribution < 1.29 is 4.74 Å². The molecule has 0 aromatic heterocycles. The van der Waals surface area contributed by atoms with Gasteiger partial charge >= 0.3 is 0 Å². The van der Waals surface area contributed by atoms with Gasteiger partial charge in [0.1, 0.15) is 11.8 Å². The van der Waals surface area contributed by atoms with Gasteiger partial charge in [0.05, 0.1) is 12.7 Å². The number of aryl methyl sites for hydroxylation is 2. The second-order valence-corrected chi connectivity index (χ2v) is 4.88. The summed E-state index contributed by atoms with van der Waals surface area (Å²) in [5.74, 6) is 0.614.